The third kappa shape index (κ3) is 3.02. The number of para-hydroxylation sites is 1. The highest BCUT2D eigenvalue weighted by molar-refractivity contribution is 5.78. The Kier molecular flexibility index (Phi) is 4.01. The van der Waals surface area contributed by atoms with Crippen LogP contribution in [0.25, 0.3) is 5.69 Å². The molecule has 0 aliphatic carbocycles. The molecule has 1 aliphatic heterocycles. The molecule has 8 heteroatoms. The molecule has 3 heterocycles. The molecule has 128 valence electrons. The van der Waals surface area contributed by atoms with Gasteiger partial charge in [-0.1, -0.05) is 25.1 Å². The Balaban J connectivity index is 1.44. The van der Waals surface area contributed by atoms with Crippen molar-refractivity contribution >= 4 is 5.91 Å². The Morgan fingerprint density at radius 1 is 1.16 bits per heavy atom. The highest BCUT2D eigenvalue weighted by Gasteiger charge is 2.24. The van der Waals surface area contributed by atoms with Gasteiger partial charge in [-0.15, -0.1) is 10.2 Å². The van der Waals surface area contributed by atoms with Gasteiger partial charge in [-0.25, -0.2) is 0 Å². The van der Waals surface area contributed by atoms with E-state index in [1.54, 1.807) is 11.0 Å². The average molecular weight is 337 g/mol. The molecular weight excluding hydrogens is 318 g/mol. The zero-order chi connectivity index (χ0) is 17.2. The van der Waals surface area contributed by atoms with Gasteiger partial charge < -0.3 is 9.47 Å². The van der Waals surface area contributed by atoms with Crippen molar-refractivity contribution in [2.75, 3.05) is 6.54 Å². The van der Waals surface area contributed by atoms with Crippen molar-refractivity contribution in [1.29, 1.82) is 0 Å². The lowest BCUT2D eigenvalue weighted by atomic mass is 10.2. The van der Waals surface area contributed by atoms with Crippen LogP contribution in [0, 0.1) is 0 Å². The maximum atomic E-state index is 12.6. The number of fused-ring (bicyclic) bond motifs is 1. The topological polar surface area (TPSA) is 81.7 Å². The number of carbonyl (C=O) groups excluding carboxylic acids is 1. The molecule has 0 spiro atoms. The summed E-state index contributed by atoms with van der Waals surface area (Å²) in [5.41, 5.74) is 1.54. The first-order valence-electron chi connectivity index (χ1n) is 8.40. The van der Waals surface area contributed by atoms with Gasteiger partial charge in [-0.2, -0.15) is 15.0 Å². The molecule has 8 nitrogen and oxygen atoms in total. The van der Waals surface area contributed by atoms with Crippen LogP contribution in [0.3, 0.4) is 0 Å². The molecule has 0 fully saturated rings. The molecule has 0 saturated heterocycles. The minimum atomic E-state index is 0.0346. The Bertz CT molecular complexity index is 884. The van der Waals surface area contributed by atoms with Gasteiger partial charge in [-0.05, 0) is 12.1 Å². The summed E-state index contributed by atoms with van der Waals surface area (Å²) in [6.45, 7) is 3.97. The second-order valence-electron chi connectivity index (χ2n) is 5.99. The molecule has 3 aromatic rings. The highest BCUT2D eigenvalue weighted by atomic mass is 16.2. The number of amides is 1. The average Bonchev–Trinajstić information content (AvgIpc) is 3.28. The van der Waals surface area contributed by atoms with Gasteiger partial charge in [-0.3, -0.25) is 4.79 Å². The summed E-state index contributed by atoms with van der Waals surface area (Å²) in [6.07, 6.45) is 2.73. The summed E-state index contributed by atoms with van der Waals surface area (Å²) in [7, 11) is 0. The Morgan fingerprint density at radius 3 is 2.80 bits per heavy atom. The number of hydrogen-bond acceptors (Lipinski definition) is 5. The predicted molar refractivity (Wildman–Crippen MR) is 89.9 cm³/mol. The number of rotatable bonds is 4. The van der Waals surface area contributed by atoms with E-state index in [-0.39, 0.29) is 12.3 Å². The standard InChI is InChI=1S/C17H19N7O/c1-2-15-19-20-16-12-22(8-9-23(15)16)17(25)10-13-11-18-24(21-13)14-6-4-3-5-7-14/h3-7,11H,2,8-10,12H2,1H3. The molecule has 1 aliphatic rings. The molecule has 4 rings (SSSR count). The van der Waals surface area contributed by atoms with Crippen LogP contribution in [-0.2, 0) is 30.7 Å². The van der Waals surface area contributed by atoms with E-state index in [4.69, 9.17) is 0 Å². The molecule has 1 amide bonds. The SMILES string of the molecule is CCc1nnc2n1CCN(C(=O)Cc1cnn(-c3ccccc3)n1)C2. The van der Waals surface area contributed by atoms with Crippen molar-refractivity contribution < 1.29 is 4.79 Å². The summed E-state index contributed by atoms with van der Waals surface area (Å²) in [6, 6.07) is 9.65. The second kappa shape index (κ2) is 6.46. The minimum Gasteiger partial charge on any atom is -0.333 e. The van der Waals surface area contributed by atoms with Crippen molar-refractivity contribution in [2.45, 2.75) is 32.9 Å². The van der Waals surface area contributed by atoms with Crippen LogP contribution in [0.4, 0.5) is 0 Å². The van der Waals surface area contributed by atoms with Crippen LogP contribution in [-0.4, -0.2) is 47.1 Å². The maximum absolute atomic E-state index is 12.6. The number of carbonyl (C=O) groups is 1. The Labute approximate surface area is 145 Å². The number of benzene rings is 1. The number of aryl methyl sites for hydroxylation is 1. The van der Waals surface area contributed by atoms with Gasteiger partial charge in [0.1, 0.15) is 5.82 Å². The second-order valence-corrected chi connectivity index (χ2v) is 5.99. The van der Waals surface area contributed by atoms with Crippen LogP contribution in [0.15, 0.2) is 36.5 Å². The first-order chi connectivity index (χ1) is 12.2. The fourth-order valence-electron chi connectivity index (χ4n) is 3.02. The van der Waals surface area contributed by atoms with Crippen LogP contribution in [0.2, 0.25) is 0 Å². The molecule has 0 atom stereocenters. The first kappa shape index (κ1) is 15.5. The van der Waals surface area contributed by atoms with E-state index in [0.29, 0.717) is 18.8 Å². The van der Waals surface area contributed by atoms with Crippen molar-refractivity contribution in [3.05, 3.63) is 53.9 Å². The molecule has 0 saturated carbocycles. The maximum Gasteiger partial charge on any atom is 0.229 e. The van der Waals surface area contributed by atoms with Crippen molar-refractivity contribution in [3.8, 4) is 5.69 Å². The molecule has 0 radical (unpaired) electrons. The quantitative estimate of drug-likeness (QED) is 0.709. The first-order valence-corrected chi connectivity index (χ1v) is 8.40. The fraction of sp³-hybridized carbons (Fsp3) is 0.353. The van der Waals surface area contributed by atoms with E-state index in [2.05, 4.69) is 31.9 Å². The zero-order valence-electron chi connectivity index (χ0n) is 14.0. The van der Waals surface area contributed by atoms with Crippen LogP contribution >= 0.6 is 0 Å². The van der Waals surface area contributed by atoms with Crippen molar-refractivity contribution in [2.24, 2.45) is 0 Å². The van der Waals surface area contributed by atoms with Crippen LogP contribution < -0.4 is 0 Å². The largest absolute Gasteiger partial charge is 0.333 e. The minimum absolute atomic E-state index is 0.0346. The number of aromatic nitrogens is 6. The van der Waals surface area contributed by atoms with Gasteiger partial charge in [0.05, 0.1) is 30.5 Å². The lowest BCUT2D eigenvalue weighted by Crippen LogP contribution is -2.39. The van der Waals surface area contributed by atoms with E-state index >= 15 is 0 Å². The summed E-state index contributed by atoms with van der Waals surface area (Å²) < 4.78 is 2.11. The molecule has 25 heavy (non-hydrogen) atoms. The summed E-state index contributed by atoms with van der Waals surface area (Å²) >= 11 is 0. The normalized spacial score (nSPS) is 13.7. The highest BCUT2D eigenvalue weighted by Crippen LogP contribution is 2.14. The molecule has 0 unspecified atom stereocenters. The van der Waals surface area contributed by atoms with E-state index in [0.717, 1.165) is 30.3 Å². The third-order valence-electron chi connectivity index (χ3n) is 4.36. The van der Waals surface area contributed by atoms with Crippen molar-refractivity contribution in [1.82, 2.24) is 34.7 Å². The molecule has 2 aromatic heterocycles. The summed E-state index contributed by atoms with van der Waals surface area (Å²) in [5, 5.41) is 17.0. The molecule has 0 N–H and O–H groups in total. The predicted octanol–water partition coefficient (Wildman–Crippen LogP) is 1.01. The molecular formula is C17H19N7O. The van der Waals surface area contributed by atoms with Crippen molar-refractivity contribution in [3.63, 3.8) is 0 Å². The van der Waals surface area contributed by atoms with E-state index in [1.807, 2.05) is 35.2 Å². The molecule has 1 aromatic carbocycles. The van der Waals surface area contributed by atoms with Gasteiger partial charge in [0, 0.05) is 19.5 Å². The van der Waals surface area contributed by atoms with Gasteiger partial charge >= 0.3 is 0 Å². The van der Waals surface area contributed by atoms with E-state index in [1.165, 1.54) is 0 Å². The Morgan fingerprint density at radius 2 is 2.00 bits per heavy atom. The fourth-order valence-corrected chi connectivity index (χ4v) is 3.02. The van der Waals surface area contributed by atoms with Gasteiger partial charge in [0.15, 0.2) is 5.82 Å². The van der Waals surface area contributed by atoms with Gasteiger partial charge in [0.25, 0.3) is 0 Å². The monoisotopic (exact) mass is 337 g/mol. The smallest absolute Gasteiger partial charge is 0.229 e. The number of nitrogens with zero attached hydrogens (tertiary/aromatic N) is 7. The van der Waals surface area contributed by atoms with Crippen LogP contribution in [0.1, 0.15) is 24.3 Å². The zero-order valence-corrected chi connectivity index (χ0v) is 14.0. The third-order valence-corrected chi connectivity index (χ3v) is 4.36. The number of hydrogen-bond donors (Lipinski definition) is 0. The lowest BCUT2D eigenvalue weighted by Gasteiger charge is -2.27. The molecule has 0 bridgehead atoms. The lowest BCUT2D eigenvalue weighted by molar-refractivity contribution is -0.132. The van der Waals surface area contributed by atoms with E-state index < -0.39 is 0 Å². The van der Waals surface area contributed by atoms with E-state index in [9.17, 15) is 4.79 Å². The summed E-state index contributed by atoms with van der Waals surface area (Å²) in [4.78, 5) is 15.9. The Hall–Kier alpha value is -3.03. The summed E-state index contributed by atoms with van der Waals surface area (Å²) in [5.74, 6) is 1.87. The van der Waals surface area contributed by atoms with Crippen LogP contribution in [0.5, 0.6) is 0 Å². The van der Waals surface area contributed by atoms with Gasteiger partial charge in [0.2, 0.25) is 5.91 Å².